The number of benzene rings is 1. The van der Waals surface area contributed by atoms with E-state index in [1.165, 1.54) is 5.56 Å². The van der Waals surface area contributed by atoms with Gasteiger partial charge in [0.05, 0.1) is 12.2 Å². The normalized spacial score (nSPS) is 19.8. The van der Waals surface area contributed by atoms with Gasteiger partial charge in [-0.3, -0.25) is 0 Å². The Kier molecular flexibility index (Phi) is 4.59. The van der Waals surface area contributed by atoms with Crippen LogP contribution < -0.4 is 15.4 Å². The molecule has 0 bridgehead atoms. The zero-order valence-corrected chi connectivity index (χ0v) is 13.4. The van der Waals surface area contributed by atoms with Crippen LogP contribution in [0.2, 0.25) is 0 Å². The third-order valence-electron chi connectivity index (χ3n) is 3.53. The third kappa shape index (κ3) is 4.14. The quantitative estimate of drug-likeness (QED) is 0.881. The van der Waals surface area contributed by atoms with Crippen LogP contribution in [0.4, 0.5) is 5.69 Å². The van der Waals surface area contributed by atoms with Crippen molar-refractivity contribution in [1.82, 2.24) is 5.32 Å². The molecule has 1 aliphatic heterocycles. The lowest BCUT2D eigenvalue weighted by molar-refractivity contribution is 0.202. The number of hydrogen-bond acceptors (Lipinski definition) is 3. The number of fused-ring (bicyclic) bond motifs is 1. The van der Waals surface area contributed by atoms with Gasteiger partial charge in [0, 0.05) is 11.6 Å². The van der Waals surface area contributed by atoms with E-state index in [0.717, 1.165) is 30.8 Å². The lowest BCUT2D eigenvalue weighted by Crippen LogP contribution is -2.43. The first-order valence-electron chi connectivity index (χ1n) is 7.68. The summed E-state index contributed by atoms with van der Waals surface area (Å²) in [6.45, 7) is 11.9. The van der Waals surface area contributed by atoms with Gasteiger partial charge in [0.25, 0.3) is 0 Å². The fourth-order valence-corrected chi connectivity index (χ4v) is 2.76. The highest BCUT2D eigenvalue weighted by atomic mass is 16.5. The summed E-state index contributed by atoms with van der Waals surface area (Å²) in [5.41, 5.74) is 2.64. The van der Waals surface area contributed by atoms with Crippen molar-refractivity contribution in [2.45, 2.75) is 65.1 Å². The first-order valence-corrected chi connectivity index (χ1v) is 7.68. The minimum atomic E-state index is 0.156. The smallest absolute Gasteiger partial charge is 0.142 e. The van der Waals surface area contributed by atoms with Gasteiger partial charge in [-0.25, -0.2) is 0 Å². The second-order valence-corrected chi connectivity index (χ2v) is 6.86. The second kappa shape index (κ2) is 6.04. The second-order valence-electron chi connectivity index (χ2n) is 6.86. The van der Waals surface area contributed by atoms with E-state index in [1.54, 1.807) is 0 Å². The summed E-state index contributed by atoms with van der Waals surface area (Å²) < 4.78 is 5.94. The first-order chi connectivity index (χ1) is 9.37. The molecule has 0 saturated heterocycles. The Hall–Kier alpha value is -1.22. The molecule has 2 rings (SSSR count). The van der Waals surface area contributed by atoms with Crippen LogP contribution in [0.25, 0.3) is 0 Å². The molecule has 2 N–H and O–H groups in total. The van der Waals surface area contributed by atoms with Gasteiger partial charge in [0.15, 0.2) is 0 Å². The van der Waals surface area contributed by atoms with Gasteiger partial charge in [-0.05, 0) is 58.2 Å². The lowest BCUT2D eigenvalue weighted by Gasteiger charge is -2.28. The summed E-state index contributed by atoms with van der Waals surface area (Å²) in [6, 6.07) is 6.96. The summed E-state index contributed by atoms with van der Waals surface area (Å²) in [7, 11) is 0. The Bertz CT molecular complexity index is 451. The zero-order chi connectivity index (χ0) is 14.8. The van der Waals surface area contributed by atoms with Crippen molar-refractivity contribution in [3.8, 4) is 5.75 Å². The highest BCUT2D eigenvalue weighted by Crippen LogP contribution is 2.31. The fraction of sp³-hybridized carbons (Fsp3) is 0.647. The van der Waals surface area contributed by atoms with Crippen LogP contribution in [0.15, 0.2) is 18.2 Å². The van der Waals surface area contributed by atoms with E-state index >= 15 is 0 Å². The van der Waals surface area contributed by atoms with Crippen molar-refractivity contribution < 1.29 is 4.74 Å². The van der Waals surface area contributed by atoms with Crippen molar-refractivity contribution in [2.75, 3.05) is 11.9 Å². The van der Waals surface area contributed by atoms with E-state index in [9.17, 15) is 0 Å². The maximum atomic E-state index is 5.94. The SMILES string of the molecule is CCC1CNc2cc(CC(C)NC(C)(C)C)ccc2O1. The van der Waals surface area contributed by atoms with Gasteiger partial charge in [-0.15, -0.1) is 0 Å². The van der Waals surface area contributed by atoms with Crippen LogP contribution in [0.1, 0.15) is 46.6 Å². The largest absolute Gasteiger partial charge is 0.486 e. The van der Waals surface area contributed by atoms with Crippen molar-refractivity contribution in [3.05, 3.63) is 23.8 Å². The molecular weight excluding hydrogens is 248 g/mol. The van der Waals surface area contributed by atoms with E-state index in [0.29, 0.717) is 12.1 Å². The van der Waals surface area contributed by atoms with Crippen molar-refractivity contribution >= 4 is 5.69 Å². The summed E-state index contributed by atoms with van der Waals surface area (Å²) in [6.07, 6.45) is 2.37. The molecule has 3 heteroatoms. The Balaban J connectivity index is 2.01. The minimum Gasteiger partial charge on any atom is -0.486 e. The van der Waals surface area contributed by atoms with Crippen molar-refractivity contribution in [2.24, 2.45) is 0 Å². The van der Waals surface area contributed by atoms with Crippen LogP contribution in [0, 0.1) is 0 Å². The Morgan fingerprint density at radius 2 is 2.15 bits per heavy atom. The molecule has 1 heterocycles. The van der Waals surface area contributed by atoms with E-state index in [4.69, 9.17) is 4.74 Å². The molecule has 0 aromatic heterocycles. The van der Waals surface area contributed by atoms with Crippen LogP contribution >= 0.6 is 0 Å². The molecule has 0 spiro atoms. The maximum Gasteiger partial charge on any atom is 0.142 e. The fourth-order valence-electron chi connectivity index (χ4n) is 2.76. The highest BCUT2D eigenvalue weighted by Gasteiger charge is 2.19. The summed E-state index contributed by atoms with van der Waals surface area (Å²) in [5, 5.41) is 7.09. The first kappa shape index (κ1) is 15.2. The predicted octanol–water partition coefficient (Wildman–Crippen LogP) is 3.59. The van der Waals surface area contributed by atoms with Crippen molar-refractivity contribution in [3.63, 3.8) is 0 Å². The molecule has 1 aliphatic rings. The van der Waals surface area contributed by atoms with Crippen molar-refractivity contribution in [1.29, 1.82) is 0 Å². The molecule has 112 valence electrons. The van der Waals surface area contributed by atoms with E-state index < -0.39 is 0 Å². The lowest BCUT2D eigenvalue weighted by atomic mass is 10.0. The number of ether oxygens (including phenoxy) is 1. The van der Waals surface area contributed by atoms with Crippen LogP contribution in [0.3, 0.4) is 0 Å². The summed E-state index contributed by atoms with van der Waals surface area (Å²) in [4.78, 5) is 0. The highest BCUT2D eigenvalue weighted by molar-refractivity contribution is 5.59. The molecule has 0 amide bonds. The average Bonchev–Trinajstić information content (AvgIpc) is 2.35. The van der Waals surface area contributed by atoms with Gasteiger partial charge in [0.1, 0.15) is 11.9 Å². The van der Waals surface area contributed by atoms with Crippen LogP contribution in [-0.4, -0.2) is 24.2 Å². The summed E-state index contributed by atoms with van der Waals surface area (Å²) in [5.74, 6) is 0.989. The van der Waals surface area contributed by atoms with Gasteiger partial charge in [-0.1, -0.05) is 13.0 Å². The molecule has 3 nitrogen and oxygen atoms in total. The molecule has 0 saturated carbocycles. The standard InChI is InChI=1S/C17H28N2O/c1-6-14-11-18-15-10-13(7-8-16(15)20-14)9-12(2)19-17(3,4)5/h7-8,10,12,14,18-19H,6,9,11H2,1-5H3. The number of rotatable bonds is 4. The molecule has 0 fully saturated rings. The van der Waals surface area contributed by atoms with E-state index in [-0.39, 0.29) is 5.54 Å². The predicted molar refractivity (Wildman–Crippen MR) is 85.7 cm³/mol. The van der Waals surface area contributed by atoms with Crippen LogP contribution in [-0.2, 0) is 6.42 Å². The molecule has 2 atom stereocenters. The monoisotopic (exact) mass is 276 g/mol. The molecule has 0 radical (unpaired) electrons. The van der Waals surface area contributed by atoms with E-state index in [1.807, 2.05) is 0 Å². The Morgan fingerprint density at radius 1 is 1.40 bits per heavy atom. The molecule has 0 aliphatic carbocycles. The molecular formula is C17H28N2O. The number of hydrogen-bond donors (Lipinski definition) is 2. The maximum absolute atomic E-state index is 5.94. The Morgan fingerprint density at radius 3 is 2.80 bits per heavy atom. The van der Waals surface area contributed by atoms with Gasteiger partial charge >= 0.3 is 0 Å². The molecule has 1 aromatic carbocycles. The average molecular weight is 276 g/mol. The third-order valence-corrected chi connectivity index (χ3v) is 3.53. The topological polar surface area (TPSA) is 33.3 Å². The summed E-state index contributed by atoms with van der Waals surface area (Å²) >= 11 is 0. The van der Waals surface area contributed by atoms with Gasteiger partial charge in [-0.2, -0.15) is 0 Å². The Labute approximate surface area is 123 Å². The minimum absolute atomic E-state index is 0.156. The van der Waals surface area contributed by atoms with Gasteiger partial charge < -0.3 is 15.4 Å². The number of anilines is 1. The van der Waals surface area contributed by atoms with E-state index in [2.05, 4.69) is 63.5 Å². The number of nitrogens with one attached hydrogen (secondary N) is 2. The zero-order valence-electron chi connectivity index (χ0n) is 13.4. The molecule has 1 aromatic rings. The van der Waals surface area contributed by atoms with Crippen LogP contribution in [0.5, 0.6) is 5.75 Å². The molecule has 20 heavy (non-hydrogen) atoms. The van der Waals surface area contributed by atoms with Gasteiger partial charge in [0.2, 0.25) is 0 Å². The molecule has 2 unspecified atom stereocenters.